The summed E-state index contributed by atoms with van der Waals surface area (Å²) in [5.74, 6) is 0.751. The first-order valence-corrected chi connectivity index (χ1v) is 4.75. The number of aliphatic hydroxyl groups is 1. The van der Waals surface area contributed by atoms with Gasteiger partial charge in [0, 0.05) is 5.56 Å². The molecular weight excluding hydrogens is 192 g/mol. The van der Waals surface area contributed by atoms with E-state index in [9.17, 15) is 5.11 Å². The van der Waals surface area contributed by atoms with Crippen molar-refractivity contribution in [3.8, 4) is 11.5 Å². The van der Waals surface area contributed by atoms with Gasteiger partial charge in [-0.2, -0.15) is 4.98 Å². The first-order valence-electron chi connectivity index (χ1n) is 4.75. The molecule has 0 fully saturated rings. The first-order chi connectivity index (χ1) is 7.16. The first kappa shape index (κ1) is 9.86. The lowest BCUT2D eigenvalue weighted by molar-refractivity contribution is 0.184. The zero-order valence-electron chi connectivity index (χ0n) is 8.64. The van der Waals surface area contributed by atoms with Gasteiger partial charge in [0.2, 0.25) is 0 Å². The smallest absolute Gasteiger partial charge is 0.258 e. The van der Waals surface area contributed by atoms with Gasteiger partial charge in [0.25, 0.3) is 5.89 Å². The van der Waals surface area contributed by atoms with Gasteiger partial charge >= 0.3 is 0 Å². The number of nitrogens with zero attached hydrogens (tertiary/aromatic N) is 2. The van der Waals surface area contributed by atoms with Crippen molar-refractivity contribution in [2.45, 2.75) is 20.0 Å². The maximum absolute atomic E-state index is 9.25. The monoisotopic (exact) mass is 204 g/mol. The molecule has 78 valence electrons. The maximum atomic E-state index is 9.25. The summed E-state index contributed by atoms with van der Waals surface area (Å²) in [6.45, 7) is 3.60. The molecule has 0 saturated heterocycles. The van der Waals surface area contributed by atoms with Gasteiger partial charge in [-0.25, -0.2) is 0 Å². The molecule has 15 heavy (non-hydrogen) atoms. The maximum Gasteiger partial charge on any atom is 0.258 e. The highest BCUT2D eigenvalue weighted by Crippen LogP contribution is 2.19. The molecule has 0 amide bonds. The van der Waals surface area contributed by atoms with Crippen LogP contribution in [0.2, 0.25) is 0 Å². The van der Waals surface area contributed by atoms with Crippen LogP contribution in [0.25, 0.3) is 11.5 Å². The SMILES string of the molecule is Cc1cccc(-c2nc([C@H](C)O)no2)c1. The van der Waals surface area contributed by atoms with Gasteiger partial charge in [0.05, 0.1) is 0 Å². The van der Waals surface area contributed by atoms with Gasteiger partial charge in [-0.1, -0.05) is 22.9 Å². The van der Waals surface area contributed by atoms with Crippen molar-refractivity contribution >= 4 is 0 Å². The summed E-state index contributed by atoms with van der Waals surface area (Å²) in [5.41, 5.74) is 2.00. The van der Waals surface area contributed by atoms with Crippen molar-refractivity contribution in [2.24, 2.45) is 0 Å². The number of hydrogen-bond donors (Lipinski definition) is 1. The summed E-state index contributed by atoms with van der Waals surface area (Å²) in [7, 11) is 0. The fourth-order valence-corrected chi connectivity index (χ4v) is 1.30. The van der Waals surface area contributed by atoms with E-state index in [2.05, 4.69) is 10.1 Å². The second-order valence-electron chi connectivity index (χ2n) is 3.50. The van der Waals surface area contributed by atoms with Crippen LogP contribution in [0.5, 0.6) is 0 Å². The van der Waals surface area contributed by atoms with Gasteiger partial charge < -0.3 is 9.63 Å². The van der Waals surface area contributed by atoms with Crippen LogP contribution in [0.4, 0.5) is 0 Å². The van der Waals surface area contributed by atoms with E-state index >= 15 is 0 Å². The Morgan fingerprint density at radius 2 is 2.20 bits per heavy atom. The highest BCUT2D eigenvalue weighted by molar-refractivity contribution is 5.53. The number of rotatable bonds is 2. The molecule has 0 aliphatic heterocycles. The van der Waals surface area contributed by atoms with Crippen molar-refractivity contribution in [2.75, 3.05) is 0 Å². The predicted octanol–water partition coefficient (Wildman–Crippen LogP) is 2.10. The summed E-state index contributed by atoms with van der Waals surface area (Å²) in [6, 6.07) is 7.78. The quantitative estimate of drug-likeness (QED) is 0.813. The second kappa shape index (κ2) is 3.82. The van der Waals surface area contributed by atoms with Crippen molar-refractivity contribution in [1.82, 2.24) is 10.1 Å². The Kier molecular flexibility index (Phi) is 2.51. The Labute approximate surface area is 87.6 Å². The lowest BCUT2D eigenvalue weighted by Crippen LogP contribution is -1.92. The predicted molar refractivity (Wildman–Crippen MR) is 55.1 cm³/mol. The molecule has 0 unspecified atom stereocenters. The topological polar surface area (TPSA) is 59.2 Å². The Hall–Kier alpha value is -1.68. The minimum atomic E-state index is -0.702. The standard InChI is InChI=1S/C11H12N2O2/c1-7-4-3-5-9(6-7)11-12-10(8(2)14)13-15-11/h3-6,8,14H,1-2H3/t8-/m0/s1. The van der Waals surface area contributed by atoms with Crippen LogP contribution in [-0.4, -0.2) is 15.2 Å². The fourth-order valence-electron chi connectivity index (χ4n) is 1.30. The molecular formula is C11H12N2O2. The summed E-state index contributed by atoms with van der Waals surface area (Å²) in [6.07, 6.45) is -0.702. The van der Waals surface area contributed by atoms with Crippen LogP contribution in [0.3, 0.4) is 0 Å². The lowest BCUT2D eigenvalue weighted by Gasteiger charge is -1.95. The van der Waals surface area contributed by atoms with Crippen molar-refractivity contribution in [3.63, 3.8) is 0 Å². The summed E-state index contributed by atoms with van der Waals surface area (Å²) in [5, 5.41) is 12.9. The van der Waals surface area contributed by atoms with Crippen LogP contribution in [0, 0.1) is 6.92 Å². The van der Waals surface area contributed by atoms with E-state index in [1.165, 1.54) is 0 Å². The highest BCUT2D eigenvalue weighted by Gasteiger charge is 2.11. The largest absolute Gasteiger partial charge is 0.385 e. The Morgan fingerprint density at radius 3 is 2.80 bits per heavy atom. The Bertz CT molecular complexity index is 463. The van der Waals surface area contributed by atoms with E-state index in [0.29, 0.717) is 11.7 Å². The molecule has 0 aliphatic rings. The van der Waals surface area contributed by atoms with Crippen LogP contribution < -0.4 is 0 Å². The summed E-state index contributed by atoms with van der Waals surface area (Å²) in [4.78, 5) is 4.09. The third kappa shape index (κ3) is 2.05. The molecule has 1 aromatic heterocycles. The van der Waals surface area contributed by atoms with Crippen LogP contribution in [-0.2, 0) is 0 Å². The fraction of sp³-hybridized carbons (Fsp3) is 0.273. The number of aryl methyl sites for hydroxylation is 1. The molecule has 0 aliphatic carbocycles. The van der Waals surface area contributed by atoms with E-state index in [4.69, 9.17) is 4.52 Å². The summed E-state index contributed by atoms with van der Waals surface area (Å²) >= 11 is 0. The third-order valence-electron chi connectivity index (χ3n) is 2.08. The third-order valence-corrected chi connectivity index (χ3v) is 2.08. The number of hydrogen-bond acceptors (Lipinski definition) is 4. The molecule has 2 rings (SSSR count). The normalized spacial score (nSPS) is 12.7. The second-order valence-corrected chi connectivity index (χ2v) is 3.50. The molecule has 0 spiro atoms. The molecule has 0 bridgehead atoms. The number of aliphatic hydroxyl groups excluding tert-OH is 1. The highest BCUT2D eigenvalue weighted by atomic mass is 16.5. The van der Waals surface area contributed by atoms with Gasteiger partial charge in [-0.05, 0) is 26.0 Å². The lowest BCUT2D eigenvalue weighted by atomic mass is 10.1. The molecule has 4 nitrogen and oxygen atoms in total. The molecule has 1 aromatic carbocycles. The van der Waals surface area contributed by atoms with E-state index in [-0.39, 0.29) is 0 Å². The van der Waals surface area contributed by atoms with E-state index in [1.54, 1.807) is 6.92 Å². The zero-order chi connectivity index (χ0) is 10.8. The van der Waals surface area contributed by atoms with Crippen LogP contribution >= 0.6 is 0 Å². The molecule has 0 radical (unpaired) electrons. The molecule has 2 aromatic rings. The van der Waals surface area contributed by atoms with Gasteiger partial charge in [0.1, 0.15) is 6.10 Å². The van der Waals surface area contributed by atoms with Crippen LogP contribution in [0.1, 0.15) is 24.4 Å². The van der Waals surface area contributed by atoms with E-state index < -0.39 is 6.10 Å². The Morgan fingerprint density at radius 1 is 1.40 bits per heavy atom. The molecule has 0 saturated carbocycles. The minimum absolute atomic E-state index is 0.312. The average Bonchev–Trinajstić information content (AvgIpc) is 2.66. The Balaban J connectivity index is 2.37. The van der Waals surface area contributed by atoms with Crippen LogP contribution in [0.15, 0.2) is 28.8 Å². The molecule has 1 atom stereocenters. The van der Waals surface area contributed by atoms with E-state index in [1.807, 2.05) is 31.2 Å². The molecule has 1 heterocycles. The van der Waals surface area contributed by atoms with Crippen molar-refractivity contribution < 1.29 is 9.63 Å². The van der Waals surface area contributed by atoms with Gasteiger partial charge in [0.15, 0.2) is 5.82 Å². The minimum Gasteiger partial charge on any atom is -0.385 e. The molecule has 4 heteroatoms. The summed E-state index contributed by atoms with van der Waals surface area (Å²) < 4.78 is 5.05. The number of benzene rings is 1. The zero-order valence-corrected chi connectivity index (χ0v) is 8.64. The average molecular weight is 204 g/mol. The molecule has 1 N–H and O–H groups in total. The van der Waals surface area contributed by atoms with E-state index in [0.717, 1.165) is 11.1 Å². The van der Waals surface area contributed by atoms with Crippen molar-refractivity contribution in [3.05, 3.63) is 35.7 Å². The van der Waals surface area contributed by atoms with Crippen molar-refractivity contribution in [1.29, 1.82) is 0 Å². The van der Waals surface area contributed by atoms with Gasteiger partial charge in [-0.15, -0.1) is 0 Å². The number of aromatic nitrogens is 2. The van der Waals surface area contributed by atoms with Gasteiger partial charge in [-0.3, -0.25) is 0 Å².